The van der Waals surface area contributed by atoms with Gasteiger partial charge in [-0.25, -0.2) is 0 Å². The molecule has 1 atom stereocenters. The van der Waals surface area contributed by atoms with Crippen LogP contribution in [0.25, 0.3) is 0 Å². The molecule has 0 unspecified atom stereocenters. The van der Waals surface area contributed by atoms with Crippen LogP contribution in [0.15, 0.2) is 0 Å². The maximum atomic E-state index is 12.3. The Hall–Kier alpha value is -0.610. The predicted molar refractivity (Wildman–Crippen MR) is 73.3 cm³/mol. The zero-order valence-electron chi connectivity index (χ0n) is 12.2. The number of aliphatic hydroxyl groups is 1. The van der Waals surface area contributed by atoms with Crippen LogP contribution in [-0.2, 0) is 4.79 Å². The summed E-state index contributed by atoms with van der Waals surface area (Å²) in [5, 5.41) is 9.48. The van der Waals surface area contributed by atoms with Crippen LogP contribution in [0.3, 0.4) is 0 Å². The predicted octanol–water partition coefficient (Wildman–Crippen LogP) is 1.19. The number of likely N-dealkylation sites (tertiary alicyclic amines) is 1. The maximum absolute atomic E-state index is 12.3. The summed E-state index contributed by atoms with van der Waals surface area (Å²) >= 11 is 0. The third-order valence-corrected chi connectivity index (χ3v) is 3.13. The lowest BCUT2D eigenvalue weighted by Gasteiger charge is -2.28. The molecule has 4 heteroatoms. The minimum absolute atomic E-state index is 0.200. The van der Waals surface area contributed by atoms with Crippen LogP contribution in [-0.4, -0.2) is 59.6 Å². The molecule has 0 aromatic heterocycles. The van der Waals surface area contributed by atoms with Crippen molar-refractivity contribution >= 4 is 5.91 Å². The zero-order chi connectivity index (χ0) is 13.7. The van der Waals surface area contributed by atoms with Crippen molar-refractivity contribution in [1.82, 2.24) is 9.80 Å². The van der Waals surface area contributed by atoms with Crippen LogP contribution < -0.4 is 0 Å². The van der Waals surface area contributed by atoms with Gasteiger partial charge in [-0.15, -0.1) is 0 Å². The number of β-amino-alcohol motifs (C(OH)–C–C–N with tert-alkyl or cyclic N) is 1. The topological polar surface area (TPSA) is 43.8 Å². The van der Waals surface area contributed by atoms with Gasteiger partial charge in [0.05, 0.1) is 12.6 Å². The van der Waals surface area contributed by atoms with E-state index < -0.39 is 0 Å². The summed E-state index contributed by atoms with van der Waals surface area (Å²) in [6, 6.07) is 0. The molecule has 18 heavy (non-hydrogen) atoms. The third-order valence-electron chi connectivity index (χ3n) is 3.13. The van der Waals surface area contributed by atoms with E-state index in [1.165, 1.54) is 0 Å². The van der Waals surface area contributed by atoms with Gasteiger partial charge in [0, 0.05) is 26.2 Å². The highest BCUT2D eigenvalue weighted by Crippen LogP contribution is 2.10. The molecule has 1 rings (SSSR count). The first-order valence-corrected chi connectivity index (χ1v) is 7.06. The number of carbonyl (C=O) groups is 1. The summed E-state index contributed by atoms with van der Waals surface area (Å²) in [5.41, 5.74) is 0. The fraction of sp³-hybridized carbons (Fsp3) is 0.929. The molecule has 1 N–H and O–H groups in total. The van der Waals surface area contributed by atoms with E-state index in [-0.39, 0.29) is 12.0 Å². The Morgan fingerprint density at radius 2 is 1.83 bits per heavy atom. The first-order valence-electron chi connectivity index (χ1n) is 7.06. The minimum Gasteiger partial charge on any atom is -0.392 e. The number of hydrogen-bond donors (Lipinski definition) is 1. The van der Waals surface area contributed by atoms with Gasteiger partial charge in [0.15, 0.2) is 0 Å². The van der Waals surface area contributed by atoms with Crippen LogP contribution >= 0.6 is 0 Å². The second-order valence-corrected chi connectivity index (χ2v) is 6.26. The summed E-state index contributed by atoms with van der Waals surface area (Å²) in [5.74, 6) is 1.19. The normalized spacial score (nSPS) is 20.9. The molecular weight excluding hydrogens is 228 g/mol. The van der Waals surface area contributed by atoms with E-state index in [0.717, 1.165) is 26.1 Å². The minimum atomic E-state index is -0.249. The number of aliphatic hydroxyl groups excluding tert-OH is 1. The van der Waals surface area contributed by atoms with Crippen LogP contribution in [0.4, 0.5) is 0 Å². The second-order valence-electron chi connectivity index (χ2n) is 6.26. The summed E-state index contributed by atoms with van der Waals surface area (Å²) < 4.78 is 0. The molecule has 4 nitrogen and oxygen atoms in total. The van der Waals surface area contributed by atoms with Crippen molar-refractivity contribution in [3.8, 4) is 0 Å². The van der Waals surface area contributed by atoms with Crippen molar-refractivity contribution in [2.45, 2.75) is 40.2 Å². The Morgan fingerprint density at radius 1 is 1.28 bits per heavy atom. The van der Waals surface area contributed by atoms with E-state index >= 15 is 0 Å². The molecule has 0 spiro atoms. The van der Waals surface area contributed by atoms with Crippen molar-refractivity contribution in [3.05, 3.63) is 0 Å². The molecule has 0 bridgehead atoms. The SMILES string of the molecule is CC(C)CN(CC(C)C)C(=O)CN1CC[C@H](O)C1. The number of nitrogens with zero attached hydrogens (tertiary/aromatic N) is 2. The van der Waals surface area contributed by atoms with Crippen molar-refractivity contribution in [1.29, 1.82) is 0 Å². The zero-order valence-corrected chi connectivity index (χ0v) is 12.2. The van der Waals surface area contributed by atoms with E-state index in [9.17, 15) is 9.90 Å². The van der Waals surface area contributed by atoms with Gasteiger partial charge in [-0.05, 0) is 18.3 Å². The first kappa shape index (κ1) is 15.4. The van der Waals surface area contributed by atoms with Gasteiger partial charge in [0.2, 0.25) is 5.91 Å². The Kier molecular flexibility index (Phi) is 6.09. The molecule has 1 amide bonds. The highest BCUT2D eigenvalue weighted by atomic mass is 16.3. The molecule has 0 saturated carbocycles. The van der Waals surface area contributed by atoms with Crippen molar-refractivity contribution in [2.24, 2.45) is 11.8 Å². The lowest BCUT2D eigenvalue weighted by molar-refractivity contribution is -0.133. The van der Waals surface area contributed by atoms with Gasteiger partial charge < -0.3 is 10.0 Å². The molecule has 1 aliphatic heterocycles. The smallest absolute Gasteiger partial charge is 0.236 e. The second kappa shape index (κ2) is 7.10. The third kappa shape index (κ3) is 5.36. The highest BCUT2D eigenvalue weighted by Gasteiger charge is 2.24. The number of hydrogen-bond acceptors (Lipinski definition) is 3. The van der Waals surface area contributed by atoms with Gasteiger partial charge in [0.25, 0.3) is 0 Å². The molecule has 1 fully saturated rings. The molecule has 0 aliphatic carbocycles. The number of rotatable bonds is 6. The molecule has 1 aliphatic rings. The van der Waals surface area contributed by atoms with Crippen molar-refractivity contribution in [2.75, 3.05) is 32.7 Å². The molecule has 0 aromatic carbocycles. The van der Waals surface area contributed by atoms with E-state index in [4.69, 9.17) is 0 Å². The molecule has 106 valence electrons. The Balaban J connectivity index is 2.47. The molecule has 1 heterocycles. The van der Waals surface area contributed by atoms with Crippen molar-refractivity contribution < 1.29 is 9.90 Å². The first-order chi connectivity index (χ1) is 8.38. The fourth-order valence-electron chi connectivity index (χ4n) is 2.41. The Labute approximate surface area is 111 Å². The van der Waals surface area contributed by atoms with Gasteiger partial charge in [-0.1, -0.05) is 27.7 Å². The Morgan fingerprint density at radius 3 is 2.22 bits per heavy atom. The summed E-state index contributed by atoms with van der Waals surface area (Å²) in [4.78, 5) is 16.3. The van der Waals surface area contributed by atoms with Gasteiger partial charge >= 0.3 is 0 Å². The molecule has 1 saturated heterocycles. The summed E-state index contributed by atoms with van der Waals surface area (Å²) in [6.07, 6.45) is 0.545. The monoisotopic (exact) mass is 256 g/mol. The fourth-order valence-corrected chi connectivity index (χ4v) is 2.41. The summed E-state index contributed by atoms with van der Waals surface area (Å²) in [6.45, 7) is 12.1. The van der Waals surface area contributed by atoms with E-state index in [1.807, 2.05) is 4.90 Å². The van der Waals surface area contributed by atoms with Crippen LogP contribution in [0.5, 0.6) is 0 Å². The largest absolute Gasteiger partial charge is 0.392 e. The quantitative estimate of drug-likeness (QED) is 0.776. The Bertz CT molecular complexity index is 257. The van der Waals surface area contributed by atoms with Crippen LogP contribution in [0.1, 0.15) is 34.1 Å². The van der Waals surface area contributed by atoms with Gasteiger partial charge in [-0.3, -0.25) is 9.69 Å². The van der Waals surface area contributed by atoms with Crippen molar-refractivity contribution in [3.63, 3.8) is 0 Å². The standard InChI is InChI=1S/C14H28N2O2/c1-11(2)7-16(8-12(3)4)14(18)10-15-6-5-13(17)9-15/h11-13,17H,5-10H2,1-4H3/t13-/m0/s1. The summed E-state index contributed by atoms with van der Waals surface area (Å²) in [7, 11) is 0. The van der Waals surface area contributed by atoms with E-state index in [2.05, 4.69) is 32.6 Å². The lowest BCUT2D eigenvalue weighted by Crippen LogP contribution is -2.43. The number of carbonyl (C=O) groups excluding carboxylic acids is 1. The maximum Gasteiger partial charge on any atom is 0.236 e. The van der Waals surface area contributed by atoms with Gasteiger partial charge in [0.1, 0.15) is 0 Å². The van der Waals surface area contributed by atoms with E-state index in [1.54, 1.807) is 0 Å². The van der Waals surface area contributed by atoms with Gasteiger partial charge in [-0.2, -0.15) is 0 Å². The lowest BCUT2D eigenvalue weighted by atomic mass is 10.1. The van der Waals surface area contributed by atoms with E-state index in [0.29, 0.717) is 24.9 Å². The average Bonchev–Trinajstić information content (AvgIpc) is 2.61. The highest BCUT2D eigenvalue weighted by molar-refractivity contribution is 5.78. The molecule has 0 aromatic rings. The molecule has 0 radical (unpaired) electrons. The number of amides is 1. The molecular formula is C14H28N2O2. The average molecular weight is 256 g/mol. The van der Waals surface area contributed by atoms with Crippen LogP contribution in [0.2, 0.25) is 0 Å². The van der Waals surface area contributed by atoms with Crippen LogP contribution in [0, 0.1) is 11.8 Å².